The van der Waals surface area contributed by atoms with Crippen LogP contribution in [0.4, 0.5) is 8.78 Å². The Balaban J connectivity index is 1.41. The molecule has 3 heteroatoms. The van der Waals surface area contributed by atoms with Crippen LogP contribution in [0.2, 0.25) is 0 Å². The zero-order valence-corrected chi connectivity index (χ0v) is 18.5. The minimum absolute atomic E-state index is 0.217. The maximum atomic E-state index is 14.2. The Morgan fingerprint density at radius 1 is 0.967 bits per heavy atom. The first-order valence-corrected chi connectivity index (χ1v) is 11.9. The third-order valence-electron chi connectivity index (χ3n) is 7.30. The summed E-state index contributed by atoms with van der Waals surface area (Å²) in [6.07, 6.45) is 14.6. The van der Waals surface area contributed by atoms with Gasteiger partial charge in [-0.25, -0.2) is 0 Å². The van der Waals surface area contributed by atoms with Crippen LogP contribution >= 0.6 is 0 Å². The smallest absolute Gasteiger partial charge is 0.419 e. The predicted molar refractivity (Wildman–Crippen MR) is 121 cm³/mol. The van der Waals surface area contributed by atoms with Gasteiger partial charge in [-0.05, 0) is 99.2 Å². The van der Waals surface area contributed by atoms with Crippen molar-refractivity contribution in [2.24, 2.45) is 23.7 Å². The van der Waals surface area contributed by atoms with Gasteiger partial charge in [0.1, 0.15) is 5.75 Å². The molecule has 0 aliphatic heterocycles. The van der Waals surface area contributed by atoms with Gasteiger partial charge < -0.3 is 4.74 Å². The van der Waals surface area contributed by atoms with E-state index in [0.29, 0.717) is 0 Å². The third kappa shape index (κ3) is 6.96. The monoisotopic (exact) mass is 416 g/mol. The second-order valence-corrected chi connectivity index (χ2v) is 9.34. The van der Waals surface area contributed by atoms with E-state index in [1.165, 1.54) is 44.9 Å². The van der Waals surface area contributed by atoms with E-state index in [-0.39, 0.29) is 11.7 Å². The molecule has 0 amide bonds. The number of ether oxygens (including phenoxy) is 1. The molecule has 0 unspecified atom stereocenters. The Morgan fingerprint density at radius 2 is 1.57 bits per heavy atom. The van der Waals surface area contributed by atoms with E-state index >= 15 is 0 Å². The number of alkyl halides is 2. The Morgan fingerprint density at radius 3 is 2.13 bits per heavy atom. The van der Waals surface area contributed by atoms with Crippen LogP contribution < -0.4 is 4.74 Å². The summed E-state index contributed by atoms with van der Waals surface area (Å²) in [6.45, 7) is 5.88. The standard InChI is InChI=1S/C27H38F2O/c1-3-5-6-22-7-13-24(14-8-22)25-15-9-23(10-16-25)19-20-27(28,29)30-26-17-11-21(4-2)12-18-26/h3,11-12,17-20,22-25H,1,4-10,13-16H2,2H3/b20-19+. The molecular formula is C27H38F2O. The number of hydrogen-bond acceptors (Lipinski definition) is 1. The van der Waals surface area contributed by atoms with Crippen molar-refractivity contribution in [2.75, 3.05) is 0 Å². The molecular weight excluding hydrogens is 378 g/mol. The maximum Gasteiger partial charge on any atom is 0.419 e. The summed E-state index contributed by atoms with van der Waals surface area (Å²) in [6, 6.07) is 6.92. The second kappa shape index (κ2) is 11.1. The first kappa shape index (κ1) is 23.0. The van der Waals surface area contributed by atoms with Gasteiger partial charge in [0.05, 0.1) is 0 Å². The minimum Gasteiger partial charge on any atom is -0.429 e. The molecule has 1 nitrogen and oxygen atoms in total. The van der Waals surface area contributed by atoms with Crippen LogP contribution in [0.15, 0.2) is 49.1 Å². The SMILES string of the molecule is C=CCCC1CCC(C2CCC(/C=C/C(F)(F)Oc3ccc(CC)cc3)CC2)CC1. The van der Waals surface area contributed by atoms with Crippen molar-refractivity contribution in [3.05, 3.63) is 54.6 Å². The summed E-state index contributed by atoms with van der Waals surface area (Å²) >= 11 is 0. The average Bonchev–Trinajstić information content (AvgIpc) is 2.77. The molecule has 1 aromatic carbocycles. The van der Waals surface area contributed by atoms with Crippen molar-refractivity contribution in [1.29, 1.82) is 0 Å². The first-order chi connectivity index (χ1) is 14.5. The molecule has 0 aromatic heterocycles. The molecule has 2 aliphatic rings. The van der Waals surface area contributed by atoms with Gasteiger partial charge in [0, 0.05) is 6.08 Å². The quantitative estimate of drug-likeness (QED) is 0.367. The van der Waals surface area contributed by atoms with Crippen LogP contribution in [-0.4, -0.2) is 6.11 Å². The van der Waals surface area contributed by atoms with E-state index in [1.807, 2.05) is 25.1 Å². The molecule has 30 heavy (non-hydrogen) atoms. The normalized spacial score (nSPS) is 27.8. The van der Waals surface area contributed by atoms with Crippen molar-refractivity contribution in [3.8, 4) is 5.75 Å². The van der Waals surface area contributed by atoms with Crippen molar-refractivity contribution in [1.82, 2.24) is 0 Å². The lowest BCUT2D eigenvalue weighted by molar-refractivity contribution is -0.132. The fraction of sp³-hybridized carbons (Fsp3) is 0.630. The van der Waals surface area contributed by atoms with E-state index in [4.69, 9.17) is 4.74 Å². The molecule has 0 atom stereocenters. The molecule has 0 spiro atoms. The summed E-state index contributed by atoms with van der Waals surface area (Å²) in [5.41, 5.74) is 1.11. The molecule has 2 fully saturated rings. The molecule has 0 heterocycles. The van der Waals surface area contributed by atoms with Crippen LogP contribution in [-0.2, 0) is 6.42 Å². The first-order valence-electron chi connectivity index (χ1n) is 11.9. The molecule has 1 aromatic rings. The number of halogens is 2. The summed E-state index contributed by atoms with van der Waals surface area (Å²) in [4.78, 5) is 0. The van der Waals surface area contributed by atoms with E-state index in [1.54, 1.807) is 18.2 Å². The van der Waals surface area contributed by atoms with Gasteiger partial charge in [0.15, 0.2) is 0 Å². The van der Waals surface area contributed by atoms with Crippen LogP contribution in [0, 0.1) is 23.7 Å². The molecule has 2 saturated carbocycles. The zero-order valence-electron chi connectivity index (χ0n) is 18.5. The zero-order chi connectivity index (χ0) is 21.4. The molecule has 0 bridgehead atoms. The average molecular weight is 417 g/mol. The topological polar surface area (TPSA) is 9.23 Å². The molecule has 2 aliphatic carbocycles. The molecule has 3 rings (SSSR count). The van der Waals surface area contributed by atoms with Gasteiger partial charge in [-0.15, -0.1) is 6.58 Å². The van der Waals surface area contributed by atoms with Gasteiger partial charge in [-0.2, -0.15) is 8.78 Å². The highest BCUT2D eigenvalue weighted by atomic mass is 19.3. The van der Waals surface area contributed by atoms with Gasteiger partial charge in [-0.3, -0.25) is 0 Å². The van der Waals surface area contributed by atoms with E-state index < -0.39 is 6.11 Å². The van der Waals surface area contributed by atoms with E-state index in [0.717, 1.165) is 55.1 Å². The highest BCUT2D eigenvalue weighted by Gasteiger charge is 2.32. The number of benzene rings is 1. The van der Waals surface area contributed by atoms with Gasteiger partial charge in [-0.1, -0.05) is 44.1 Å². The second-order valence-electron chi connectivity index (χ2n) is 9.34. The Labute approximate surface area is 181 Å². The van der Waals surface area contributed by atoms with Crippen molar-refractivity contribution >= 4 is 0 Å². The molecule has 166 valence electrons. The number of hydrogen-bond donors (Lipinski definition) is 0. The van der Waals surface area contributed by atoms with Crippen molar-refractivity contribution in [2.45, 2.75) is 83.7 Å². The number of allylic oxidation sites excluding steroid dienone is 2. The lowest BCUT2D eigenvalue weighted by atomic mass is 9.68. The fourth-order valence-corrected chi connectivity index (χ4v) is 5.34. The van der Waals surface area contributed by atoms with Crippen LogP contribution in [0.25, 0.3) is 0 Å². The predicted octanol–water partition coefficient (Wildman–Crippen LogP) is 8.36. The van der Waals surface area contributed by atoms with Crippen LogP contribution in [0.5, 0.6) is 5.75 Å². The largest absolute Gasteiger partial charge is 0.429 e. The van der Waals surface area contributed by atoms with E-state index in [9.17, 15) is 8.78 Å². The molecule has 0 saturated heterocycles. The van der Waals surface area contributed by atoms with Crippen molar-refractivity contribution < 1.29 is 13.5 Å². The number of aryl methyl sites for hydroxylation is 1. The highest BCUT2D eigenvalue weighted by Crippen LogP contribution is 2.42. The van der Waals surface area contributed by atoms with Gasteiger partial charge in [0.2, 0.25) is 0 Å². The molecule has 0 N–H and O–H groups in total. The summed E-state index contributed by atoms with van der Waals surface area (Å²) in [7, 11) is 0. The fourth-order valence-electron chi connectivity index (χ4n) is 5.34. The molecule has 0 radical (unpaired) electrons. The summed E-state index contributed by atoms with van der Waals surface area (Å²) in [5.74, 6) is 3.00. The maximum absolute atomic E-state index is 14.2. The third-order valence-corrected chi connectivity index (χ3v) is 7.30. The van der Waals surface area contributed by atoms with Crippen LogP contribution in [0.1, 0.15) is 76.7 Å². The minimum atomic E-state index is -3.26. The Bertz CT molecular complexity index is 663. The highest BCUT2D eigenvalue weighted by molar-refractivity contribution is 5.27. The lowest BCUT2D eigenvalue weighted by Crippen LogP contribution is -2.26. The van der Waals surface area contributed by atoms with Gasteiger partial charge >= 0.3 is 6.11 Å². The Kier molecular flexibility index (Phi) is 8.53. The Hall–Kier alpha value is -1.64. The van der Waals surface area contributed by atoms with E-state index in [2.05, 4.69) is 6.58 Å². The number of rotatable bonds is 9. The van der Waals surface area contributed by atoms with Crippen LogP contribution in [0.3, 0.4) is 0 Å². The lowest BCUT2D eigenvalue weighted by Gasteiger charge is -2.37. The summed E-state index contributed by atoms with van der Waals surface area (Å²) in [5, 5.41) is 0. The van der Waals surface area contributed by atoms with Crippen molar-refractivity contribution in [3.63, 3.8) is 0 Å². The van der Waals surface area contributed by atoms with Gasteiger partial charge in [0.25, 0.3) is 0 Å². The summed E-state index contributed by atoms with van der Waals surface area (Å²) < 4.78 is 33.4.